The molecule has 0 amide bonds. The van der Waals surface area contributed by atoms with Crippen LogP contribution in [0.4, 0.5) is 0 Å². The van der Waals surface area contributed by atoms with Crippen LogP contribution < -0.4 is 14.3 Å². The second-order valence-corrected chi connectivity index (χ2v) is 6.49. The summed E-state index contributed by atoms with van der Waals surface area (Å²) in [7, 11) is 5.27. The topological polar surface area (TPSA) is 48.1 Å². The molecule has 0 saturated carbocycles. The van der Waals surface area contributed by atoms with Gasteiger partial charge in [-0.3, -0.25) is 0 Å². The van der Waals surface area contributed by atoms with Crippen LogP contribution in [0.25, 0.3) is 10.2 Å². The van der Waals surface area contributed by atoms with Crippen LogP contribution in [0.1, 0.15) is 18.9 Å². The van der Waals surface area contributed by atoms with Crippen LogP contribution in [0, 0.1) is 0 Å². The minimum Gasteiger partial charge on any atom is -0.493 e. The van der Waals surface area contributed by atoms with Crippen molar-refractivity contribution < 1.29 is 9.47 Å². The fourth-order valence-corrected chi connectivity index (χ4v) is 3.60. The zero-order valence-electron chi connectivity index (χ0n) is 14.8. The van der Waals surface area contributed by atoms with E-state index in [4.69, 9.17) is 9.47 Å². The molecule has 0 aliphatic carbocycles. The van der Waals surface area contributed by atoms with Crippen LogP contribution in [-0.4, -0.2) is 24.5 Å². The van der Waals surface area contributed by atoms with Gasteiger partial charge in [-0.15, -0.1) is 5.10 Å². The Bertz CT molecular complexity index is 986. The van der Waals surface area contributed by atoms with Gasteiger partial charge in [0, 0.05) is 12.6 Å². The van der Waals surface area contributed by atoms with E-state index in [9.17, 15) is 0 Å². The van der Waals surface area contributed by atoms with Crippen molar-refractivity contribution in [3.05, 3.63) is 52.8 Å². The highest BCUT2D eigenvalue weighted by molar-refractivity contribution is 7.16. The molecule has 130 valence electrons. The van der Waals surface area contributed by atoms with Crippen LogP contribution in [0.15, 0.2) is 52.7 Å². The Morgan fingerprint density at radius 3 is 2.52 bits per heavy atom. The van der Waals surface area contributed by atoms with Crippen molar-refractivity contribution in [2.75, 3.05) is 14.2 Å². The quantitative estimate of drug-likeness (QED) is 0.513. The largest absolute Gasteiger partial charge is 0.493 e. The summed E-state index contributed by atoms with van der Waals surface area (Å²) in [5.74, 6) is 1.39. The van der Waals surface area contributed by atoms with E-state index in [1.807, 2.05) is 37.4 Å². The summed E-state index contributed by atoms with van der Waals surface area (Å²) in [6.45, 7) is 2.07. The summed E-state index contributed by atoms with van der Waals surface area (Å²) in [6.07, 6.45) is 0.771. The summed E-state index contributed by atoms with van der Waals surface area (Å²) in [6, 6.07) is 14.0. The second-order valence-electron chi connectivity index (χ2n) is 5.48. The number of fused-ring (bicyclic) bond motifs is 1. The maximum atomic E-state index is 5.38. The van der Waals surface area contributed by atoms with E-state index in [0.29, 0.717) is 11.5 Å². The smallest absolute Gasteiger partial charge is 0.211 e. The maximum Gasteiger partial charge on any atom is 0.211 e. The zero-order chi connectivity index (χ0) is 17.8. The molecule has 5 nitrogen and oxygen atoms in total. The minimum atomic E-state index is 0.688. The molecular weight excluding hydrogens is 334 g/mol. The van der Waals surface area contributed by atoms with Gasteiger partial charge in [0.15, 0.2) is 11.5 Å². The summed E-state index contributed by atoms with van der Waals surface area (Å²) in [5.41, 5.74) is 3.04. The number of hydrogen-bond acceptors (Lipinski definition) is 5. The molecule has 0 unspecified atom stereocenters. The molecule has 0 N–H and O–H groups in total. The molecule has 3 aromatic rings. The Labute approximate surface area is 150 Å². The van der Waals surface area contributed by atoms with Crippen LogP contribution >= 0.6 is 11.3 Å². The first-order valence-electron chi connectivity index (χ1n) is 8.05. The highest BCUT2D eigenvalue weighted by Crippen LogP contribution is 2.28. The average molecular weight is 355 g/mol. The molecule has 0 aliphatic heterocycles. The number of thiazole rings is 1. The van der Waals surface area contributed by atoms with E-state index >= 15 is 0 Å². The highest BCUT2D eigenvalue weighted by atomic mass is 32.1. The Morgan fingerprint density at radius 2 is 1.84 bits per heavy atom. The molecule has 1 aromatic heterocycles. The van der Waals surface area contributed by atoms with Crippen molar-refractivity contribution in [1.29, 1.82) is 0 Å². The summed E-state index contributed by atoms with van der Waals surface area (Å²) in [4.78, 5) is 0.868. The van der Waals surface area contributed by atoms with Gasteiger partial charge in [-0.05, 0) is 36.8 Å². The van der Waals surface area contributed by atoms with Crippen molar-refractivity contribution in [3.63, 3.8) is 0 Å². The predicted molar refractivity (Wildman–Crippen MR) is 103 cm³/mol. The van der Waals surface area contributed by atoms with Crippen molar-refractivity contribution >= 4 is 27.3 Å². The van der Waals surface area contributed by atoms with E-state index in [2.05, 4.69) is 33.8 Å². The van der Waals surface area contributed by atoms with E-state index in [1.54, 1.807) is 25.6 Å². The molecule has 6 heteroatoms. The first kappa shape index (κ1) is 17.2. The summed E-state index contributed by atoms with van der Waals surface area (Å²) < 4.78 is 13.9. The van der Waals surface area contributed by atoms with Crippen LogP contribution in [-0.2, 0) is 7.05 Å². The Balaban J connectivity index is 2.04. The van der Waals surface area contributed by atoms with Gasteiger partial charge in [-0.1, -0.05) is 30.4 Å². The van der Waals surface area contributed by atoms with Gasteiger partial charge in [-0.2, -0.15) is 5.10 Å². The first-order valence-corrected chi connectivity index (χ1v) is 8.87. The van der Waals surface area contributed by atoms with Crippen LogP contribution in [0.2, 0.25) is 0 Å². The molecule has 3 rings (SSSR count). The average Bonchev–Trinajstić information content (AvgIpc) is 2.98. The SMILES string of the molecule is CC/C(=N\N=c1\sc2ccccc2n1C)c1ccc(OC)c(OC)c1. The number of para-hydroxylation sites is 1. The molecule has 25 heavy (non-hydrogen) atoms. The Morgan fingerprint density at radius 1 is 1.08 bits per heavy atom. The van der Waals surface area contributed by atoms with Gasteiger partial charge in [0.2, 0.25) is 4.80 Å². The van der Waals surface area contributed by atoms with Gasteiger partial charge in [-0.25, -0.2) is 0 Å². The lowest BCUT2D eigenvalue weighted by Gasteiger charge is -2.09. The van der Waals surface area contributed by atoms with Gasteiger partial charge >= 0.3 is 0 Å². The Kier molecular flexibility index (Phi) is 5.19. The number of nitrogens with zero attached hydrogens (tertiary/aromatic N) is 3. The molecular formula is C19H21N3O2S. The highest BCUT2D eigenvalue weighted by Gasteiger charge is 2.08. The molecule has 2 aromatic carbocycles. The minimum absolute atomic E-state index is 0.688. The van der Waals surface area contributed by atoms with Gasteiger partial charge in [0.1, 0.15) is 0 Å². The van der Waals surface area contributed by atoms with Crippen molar-refractivity contribution in [2.24, 2.45) is 17.3 Å². The molecule has 0 aliphatic rings. The standard InChI is InChI=1S/C19H21N3O2S/c1-5-14(13-10-11-16(23-3)17(12-13)24-4)20-21-19-22(2)15-8-6-7-9-18(15)25-19/h6-12H,5H2,1-4H3/b20-14+,21-19+. The van der Waals surface area contributed by atoms with Gasteiger partial charge in [0.05, 0.1) is 30.1 Å². The van der Waals surface area contributed by atoms with Gasteiger partial charge in [0.25, 0.3) is 0 Å². The molecule has 0 atom stereocenters. The van der Waals surface area contributed by atoms with Gasteiger partial charge < -0.3 is 14.0 Å². The normalized spacial score (nSPS) is 12.6. The maximum absolute atomic E-state index is 5.38. The number of aromatic nitrogens is 1. The van der Waals surface area contributed by atoms with Crippen molar-refractivity contribution in [2.45, 2.75) is 13.3 Å². The molecule has 0 saturated heterocycles. The van der Waals surface area contributed by atoms with Crippen LogP contribution in [0.5, 0.6) is 11.5 Å². The first-order chi connectivity index (χ1) is 12.2. The third-order valence-electron chi connectivity index (χ3n) is 4.02. The fourth-order valence-electron chi connectivity index (χ4n) is 2.63. The van der Waals surface area contributed by atoms with E-state index in [1.165, 1.54) is 4.70 Å². The molecule has 0 bridgehead atoms. The summed E-state index contributed by atoms with van der Waals surface area (Å²) in [5, 5.41) is 8.99. The van der Waals surface area contributed by atoms with E-state index < -0.39 is 0 Å². The van der Waals surface area contributed by atoms with Crippen molar-refractivity contribution in [3.8, 4) is 11.5 Å². The Hall–Kier alpha value is -2.60. The second kappa shape index (κ2) is 7.53. The van der Waals surface area contributed by atoms with E-state index in [-0.39, 0.29) is 0 Å². The molecule has 0 radical (unpaired) electrons. The predicted octanol–water partition coefficient (Wildman–Crippen LogP) is 3.97. The lowest BCUT2D eigenvalue weighted by molar-refractivity contribution is 0.355. The lowest BCUT2D eigenvalue weighted by atomic mass is 10.1. The van der Waals surface area contributed by atoms with Crippen molar-refractivity contribution in [1.82, 2.24) is 4.57 Å². The summed E-state index contributed by atoms with van der Waals surface area (Å²) >= 11 is 1.63. The lowest BCUT2D eigenvalue weighted by Crippen LogP contribution is -2.10. The van der Waals surface area contributed by atoms with E-state index in [0.717, 1.165) is 28.0 Å². The number of aryl methyl sites for hydroxylation is 1. The molecule has 0 spiro atoms. The zero-order valence-corrected chi connectivity index (χ0v) is 15.6. The fraction of sp³-hybridized carbons (Fsp3) is 0.263. The number of methoxy groups -OCH3 is 2. The molecule has 1 heterocycles. The monoisotopic (exact) mass is 355 g/mol. The number of benzene rings is 2. The number of hydrogen-bond donors (Lipinski definition) is 0. The third kappa shape index (κ3) is 3.44. The number of ether oxygens (including phenoxy) is 2. The van der Waals surface area contributed by atoms with Crippen LogP contribution in [0.3, 0.4) is 0 Å². The third-order valence-corrected chi connectivity index (χ3v) is 5.13. The number of rotatable bonds is 5. The molecule has 0 fully saturated rings.